The van der Waals surface area contributed by atoms with Gasteiger partial charge in [0, 0.05) is 6.54 Å². The van der Waals surface area contributed by atoms with E-state index in [1.165, 1.54) is 0 Å². The lowest BCUT2D eigenvalue weighted by Crippen LogP contribution is -2.11. The Balaban J connectivity index is 2.92. The van der Waals surface area contributed by atoms with Gasteiger partial charge in [-0.25, -0.2) is 0 Å². The maximum atomic E-state index is 6.07. The van der Waals surface area contributed by atoms with Gasteiger partial charge in [-0.15, -0.1) is 0 Å². The summed E-state index contributed by atoms with van der Waals surface area (Å²) in [6, 6.07) is 3.80. The number of ether oxygens (including phenoxy) is 2. The van der Waals surface area contributed by atoms with Crippen molar-refractivity contribution in [1.82, 2.24) is 0 Å². The lowest BCUT2D eigenvalue weighted by Gasteiger charge is -2.17. The molecule has 4 heteroatoms. The van der Waals surface area contributed by atoms with Crippen LogP contribution in [0.1, 0.15) is 24.2 Å². The Labute approximate surface area is 101 Å². The first-order chi connectivity index (χ1) is 7.60. The van der Waals surface area contributed by atoms with Crippen LogP contribution in [0.15, 0.2) is 12.1 Å². The summed E-state index contributed by atoms with van der Waals surface area (Å²) in [5.41, 5.74) is 7.57. The highest BCUT2D eigenvalue weighted by atomic mass is 35.5. The average Bonchev–Trinajstić information content (AvgIpc) is 2.28. The van der Waals surface area contributed by atoms with Crippen LogP contribution in [-0.4, -0.2) is 20.3 Å². The van der Waals surface area contributed by atoms with Gasteiger partial charge in [0.1, 0.15) is 5.75 Å². The molecule has 1 atom stereocenters. The van der Waals surface area contributed by atoms with E-state index in [1.807, 2.05) is 26.0 Å². The molecule has 3 nitrogen and oxygen atoms in total. The third-order valence-corrected chi connectivity index (χ3v) is 2.76. The molecule has 1 rings (SSSR count). The van der Waals surface area contributed by atoms with Crippen LogP contribution in [0.2, 0.25) is 5.02 Å². The summed E-state index contributed by atoms with van der Waals surface area (Å²) >= 11 is 6.07. The Kier molecular flexibility index (Phi) is 5.06. The van der Waals surface area contributed by atoms with E-state index in [4.69, 9.17) is 26.8 Å². The molecule has 0 fully saturated rings. The first kappa shape index (κ1) is 13.3. The number of benzene rings is 1. The second kappa shape index (κ2) is 6.09. The monoisotopic (exact) mass is 243 g/mol. The maximum absolute atomic E-state index is 6.07. The van der Waals surface area contributed by atoms with Gasteiger partial charge in [-0.05, 0) is 37.1 Å². The first-order valence-corrected chi connectivity index (χ1v) is 5.63. The highest BCUT2D eigenvalue weighted by molar-refractivity contribution is 6.32. The number of methoxy groups -OCH3 is 1. The molecule has 0 saturated heterocycles. The summed E-state index contributed by atoms with van der Waals surface area (Å²) in [6.45, 7) is 5.06. The van der Waals surface area contributed by atoms with E-state index in [0.29, 0.717) is 23.9 Å². The maximum Gasteiger partial charge on any atom is 0.137 e. The van der Waals surface area contributed by atoms with E-state index in [-0.39, 0.29) is 6.10 Å². The molecule has 0 saturated carbocycles. The van der Waals surface area contributed by atoms with Crippen LogP contribution >= 0.6 is 11.6 Å². The van der Waals surface area contributed by atoms with Gasteiger partial charge in [-0.2, -0.15) is 0 Å². The van der Waals surface area contributed by atoms with Crippen LogP contribution in [0, 0.1) is 6.92 Å². The quantitative estimate of drug-likeness (QED) is 0.865. The molecule has 90 valence electrons. The zero-order chi connectivity index (χ0) is 12.1. The zero-order valence-electron chi connectivity index (χ0n) is 9.92. The molecule has 0 bridgehead atoms. The van der Waals surface area contributed by atoms with Gasteiger partial charge in [-0.3, -0.25) is 0 Å². The molecule has 0 amide bonds. The van der Waals surface area contributed by atoms with E-state index >= 15 is 0 Å². The van der Waals surface area contributed by atoms with Crippen molar-refractivity contribution < 1.29 is 9.47 Å². The molecule has 1 aromatic rings. The van der Waals surface area contributed by atoms with E-state index in [9.17, 15) is 0 Å². The molecule has 1 aromatic carbocycles. The molecular formula is C12H18ClNO2. The number of hydrogen-bond donors (Lipinski definition) is 1. The highest BCUT2D eigenvalue weighted by Crippen LogP contribution is 2.31. The van der Waals surface area contributed by atoms with E-state index in [1.54, 1.807) is 7.11 Å². The number of rotatable bonds is 5. The molecule has 16 heavy (non-hydrogen) atoms. The van der Waals surface area contributed by atoms with Crippen LogP contribution in [-0.2, 0) is 4.74 Å². The minimum atomic E-state index is -0.00745. The first-order valence-electron chi connectivity index (χ1n) is 5.25. The van der Waals surface area contributed by atoms with Crippen molar-refractivity contribution in [3.63, 3.8) is 0 Å². The van der Waals surface area contributed by atoms with Crippen molar-refractivity contribution in [3.05, 3.63) is 28.3 Å². The van der Waals surface area contributed by atoms with Crippen molar-refractivity contribution >= 4 is 11.6 Å². The zero-order valence-corrected chi connectivity index (χ0v) is 10.7. The van der Waals surface area contributed by atoms with Crippen molar-refractivity contribution in [3.8, 4) is 5.75 Å². The van der Waals surface area contributed by atoms with Crippen LogP contribution in [0.4, 0.5) is 0 Å². The molecule has 0 heterocycles. The van der Waals surface area contributed by atoms with Gasteiger partial charge < -0.3 is 15.2 Å². The predicted octanol–water partition coefficient (Wildman–Crippen LogP) is 2.69. The lowest BCUT2D eigenvalue weighted by molar-refractivity contribution is 0.0713. The van der Waals surface area contributed by atoms with Crippen LogP contribution in [0.3, 0.4) is 0 Å². The third-order valence-electron chi connectivity index (χ3n) is 2.46. The molecule has 0 spiro atoms. The second-order valence-electron chi connectivity index (χ2n) is 3.65. The lowest BCUT2D eigenvalue weighted by atomic mass is 10.0. The molecule has 0 aliphatic carbocycles. The second-order valence-corrected chi connectivity index (χ2v) is 4.05. The molecule has 1 unspecified atom stereocenters. The van der Waals surface area contributed by atoms with Crippen LogP contribution in [0.5, 0.6) is 5.75 Å². The average molecular weight is 244 g/mol. The summed E-state index contributed by atoms with van der Waals surface area (Å²) in [6.07, 6.45) is -0.00745. The highest BCUT2D eigenvalue weighted by Gasteiger charge is 2.12. The predicted molar refractivity (Wildman–Crippen MR) is 66.2 cm³/mol. The Morgan fingerprint density at radius 1 is 1.44 bits per heavy atom. The number of aryl methyl sites for hydroxylation is 1. The van der Waals surface area contributed by atoms with E-state index < -0.39 is 0 Å². The fourth-order valence-electron chi connectivity index (χ4n) is 1.60. The molecule has 0 radical (unpaired) electrons. The molecule has 0 aliphatic rings. The van der Waals surface area contributed by atoms with E-state index in [2.05, 4.69) is 0 Å². The summed E-state index contributed by atoms with van der Waals surface area (Å²) in [5, 5.41) is 0.603. The van der Waals surface area contributed by atoms with Gasteiger partial charge in [0.25, 0.3) is 0 Å². The number of hydrogen-bond acceptors (Lipinski definition) is 3. The van der Waals surface area contributed by atoms with Gasteiger partial charge in [0.2, 0.25) is 0 Å². The number of halogens is 1. The minimum absolute atomic E-state index is 0.00745. The van der Waals surface area contributed by atoms with Gasteiger partial charge >= 0.3 is 0 Å². The van der Waals surface area contributed by atoms with Crippen molar-refractivity contribution in [2.75, 3.05) is 20.3 Å². The summed E-state index contributed by atoms with van der Waals surface area (Å²) < 4.78 is 10.7. The van der Waals surface area contributed by atoms with Crippen molar-refractivity contribution in [2.24, 2.45) is 5.73 Å². The largest absolute Gasteiger partial charge is 0.495 e. The van der Waals surface area contributed by atoms with Gasteiger partial charge in [-0.1, -0.05) is 11.6 Å². The van der Waals surface area contributed by atoms with Crippen LogP contribution in [0.25, 0.3) is 0 Å². The Morgan fingerprint density at radius 2 is 2.12 bits per heavy atom. The molecule has 0 aromatic heterocycles. The van der Waals surface area contributed by atoms with Crippen LogP contribution < -0.4 is 10.5 Å². The van der Waals surface area contributed by atoms with E-state index in [0.717, 1.165) is 11.1 Å². The summed E-state index contributed by atoms with van der Waals surface area (Å²) in [5.74, 6) is 0.689. The third kappa shape index (κ3) is 3.11. The topological polar surface area (TPSA) is 44.5 Å². The Morgan fingerprint density at radius 3 is 2.69 bits per heavy atom. The molecule has 2 N–H and O–H groups in total. The number of nitrogens with two attached hydrogens (primary N) is 1. The fourth-order valence-corrected chi connectivity index (χ4v) is 1.85. The Bertz CT molecular complexity index is 355. The van der Waals surface area contributed by atoms with Crippen molar-refractivity contribution in [1.29, 1.82) is 0 Å². The SMILES string of the molecule is COc1cc(C)c(C(C)OCCN)cc1Cl. The standard InChI is InChI=1S/C12H18ClNO2/c1-8-6-12(15-3)11(13)7-10(8)9(2)16-5-4-14/h6-7,9H,4-5,14H2,1-3H3. The minimum Gasteiger partial charge on any atom is -0.495 e. The summed E-state index contributed by atoms with van der Waals surface area (Å²) in [7, 11) is 1.61. The van der Waals surface area contributed by atoms with Gasteiger partial charge in [0.15, 0.2) is 0 Å². The smallest absolute Gasteiger partial charge is 0.137 e. The molecular weight excluding hydrogens is 226 g/mol. The molecule has 0 aliphatic heterocycles. The summed E-state index contributed by atoms with van der Waals surface area (Å²) in [4.78, 5) is 0. The Hall–Kier alpha value is -0.770. The van der Waals surface area contributed by atoms with Crippen molar-refractivity contribution in [2.45, 2.75) is 20.0 Å². The van der Waals surface area contributed by atoms with Gasteiger partial charge in [0.05, 0.1) is 24.8 Å². The fraction of sp³-hybridized carbons (Fsp3) is 0.500. The normalized spacial score (nSPS) is 12.6.